The third-order valence-corrected chi connectivity index (χ3v) is 7.08. The molecule has 0 atom stereocenters. The highest BCUT2D eigenvalue weighted by molar-refractivity contribution is 5.97. The van der Waals surface area contributed by atoms with Gasteiger partial charge in [-0.2, -0.15) is 0 Å². The lowest BCUT2D eigenvalue weighted by atomic mass is 10.1. The van der Waals surface area contributed by atoms with Gasteiger partial charge in [0.05, 0.1) is 23.5 Å². The van der Waals surface area contributed by atoms with Crippen LogP contribution >= 0.6 is 0 Å². The summed E-state index contributed by atoms with van der Waals surface area (Å²) in [5, 5.41) is 62.0. The number of hydrogen-bond donors (Lipinski definition) is 8. The van der Waals surface area contributed by atoms with Crippen LogP contribution < -0.4 is 16.0 Å². The fourth-order valence-electron chi connectivity index (χ4n) is 4.36. The molecule has 3 aromatic carbocycles. The van der Waals surface area contributed by atoms with E-state index in [-0.39, 0.29) is 45.7 Å². The summed E-state index contributed by atoms with van der Waals surface area (Å²) in [6.45, 7) is -0.463. The number of nitrogens with zero attached hydrogens (tertiary/aromatic N) is 6. The van der Waals surface area contributed by atoms with Crippen LogP contribution in [0.15, 0.2) is 72.8 Å². The van der Waals surface area contributed by atoms with Crippen LogP contribution in [-0.2, 0) is 30.5 Å². The first-order chi connectivity index (χ1) is 24.3. The van der Waals surface area contributed by atoms with Crippen LogP contribution in [0.5, 0.6) is 11.5 Å². The Morgan fingerprint density at radius 2 is 1.20 bits per heavy atom. The number of hydrogen-bond acceptors (Lipinski definition) is 13. The fraction of sp³-hybridized carbons (Fsp3) is 0.219. The molecule has 0 aliphatic heterocycles. The quantitative estimate of drug-likeness (QED) is 0.0366. The molecule has 1 heterocycles. The molecular weight excluding hydrogens is 670 g/mol. The van der Waals surface area contributed by atoms with Crippen LogP contribution in [0.1, 0.15) is 25.3 Å². The molecule has 0 bridgehead atoms. The lowest BCUT2D eigenvalue weighted by Crippen LogP contribution is -2.44. The summed E-state index contributed by atoms with van der Waals surface area (Å²) in [4.78, 5) is 63.5. The van der Waals surface area contributed by atoms with Gasteiger partial charge in [-0.1, -0.05) is 36.4 Å². The lowest BCUT2D eigenvalue weighted by Gasteiger charge is -2.18. The van der Waals surface area contributed by atoms with Crippen molar-refractivity contribution in [1.29, 1.82) is 0 Å². The van der Waals surface area contributed by atoms with Crippen molar-refractivity contribution in [2.45, 2.75) is 26.3 Å². The van der Waals surface area contributed by atoms with E-state index in [1.165, 1.54) is 16.8 Å². The number of carbonyl (C=O) groups is 5. The van der Waals surface area contributed by atoms with E-state index in [1.54, 1.807) is 60.7 Å². The molecule has 0 aliphatic rings. The van der Waals surface area contributed by atoms with Gasteiger partial charge in [-0.15, -0.1) is 5.10 Å². The first-order valence-corrected chi connectivity index (χ1v) is 15.2. The number of aromatic hydroxyl groups is 2. The zero-order chi connectivity index (χ0) is 37.1. The van der Waals surface area contributed by atoms with E-state index >= 15 is 0 Å². The molecule has 1 aromatic heterocycles. The molecule has 0 fully saturated rings. The number of phenolic OH excluding ortho intramolecular Hbond substituents is 2. The number of rotatable bonds is 15. The number of phenols is 2. The highest BCUT2D eigenvalue weighted by Gasteiger charge is 2.21. The average molecular weight is 706 g/mol. The van der Waals surface area contributed by atoms with Gasteiger partial charge >= 0.3 is 0 Å². The monoisotopic (exact) mass is 705 g/mol. The molecule has 268 valence electrons. The minimum absolute atomic E-state index is 0.00946. The standard InChI is InChI=1S/C32H35N9O10/c1-20(42)38(49)18-34-27(45)15-30(48)40(51)19-35-28(46)14-29(47)39(50)17-33-16-21-10-12-22(13-11-21)41-32(24-7-3-5-9-26(24)44)36-31(37-41)23-6-2-4-8-25(23)43/h2-13,33,43-44,49-51H,14-19H2,1H3,(H,34,45)(H,35,46). The van der Waals surface area contributed by atoms with Crippen molar-refractivity contribution in [1.82, 2.24) is 45.9 Å². The van der Waals surface area contributed by atoms with Gasteiger partial charge in [0.25, 0.3) is 11.8 Å². The zero-order valence-electron chi connectivity index (χ0n) is 27.1. The van der Waals surface area contributed by atoms with Crippen LogP contribution in [0.2, 0.25) is 0 Å². The van der Waals surface area contributed by atoms with Crippen LogP contribution in [0.4, 0.5) is 0 Å². The molecule has 0 saturated carbocycles. The van der Waals surface area contributed by atoms with E-state index in [0.29, 0.717) is 22.6 Å². The molecule has 4 aromatic rings. The topological polar surface area (TPSA) is 263 Å². The van der Waals surface area contributed by atoms with Crippen LogP contribution in [0, 0.1) is 0 Å². The molecule has 51 heavy (non-hydrogen) atoms. The van der Waals surface area contributed by atoms with Gasteiger partial charge in [0.1, 0.15) is 37.7 Å². The Balaban J connectivity index is 1.26. The number of amides is 5. The average Bonchev–Trinajstić information content (AvgIpc) is 3.54. The Kier molecular flexibility index (Phi) is 12.7. The van der Waals surface area contributed by atoms with E-state index in [4.69, 9.17) is 0 Å². The molecule has 5 amide bonds. The largest absolute Gasteiger partial charge is 0.507 e. The van der Waals surface area contributed by atoms with E-state index in [1.807, 2.05) is 0 Å². The molecule has 0 unspecified atom stereocenters. The van der Waals surface area contributed by atoms with Gasteiger partial charge in [-0.05, 0) is 42.0 Å². The summed E-state index contributed by atoms with van der Waals surface area (Å²) in [6, 6.07) is 20.2. The van der Waals surface area contributed by atoms with Crippen molar-refractivity contribution in [3.05, 3.63) is 78.4 Å². The van der Waals surface area contributed by atoms with E-state index in [2.05, 4.69) is 26.0 Å². The minimum Gasteiger partial charge on any atom is -0.507 e. The summed E-state index contributed by atoms with van der Waals surface area (Å²) < 4.78 is 1.53. The summed E-state index contributed by atoms with van der Waals surface area (Å²) in [5.41, 5.74) is 2.16. The molecular formula is C32H35N9O10. The Labute approximate surface area is 289 Å². The van der Waals surface area contributed by atoms with E-state index in [0.717, 1.165) is 12.5 Å². The fourth-order valence-corrected chi connectivity index (χ4v) is 4.36. The van der Waals surface area contributed by atoms with Crippen LogP contribution in [0.3, 0.4) is 0 Å². The molecule has 19 nitrogen and oxygen atoms in total. The number of aromatic nitrogens is 3. The van der Waals surface area contributed by atoms with Gasteiger partial charge in [-0.25, -0.2) is 24.9 Å². The second-order valence-corrected chi connectivity index (χ2v) is 10.8. The van der Waals surface area contributed by atoms with E-state index < -0.39 is 55.7 Å². The highest BCUT2D eigenvalue weighted by Crippen LogP contribution is 2.33. The third kappa shape index (κ3) is 10.3. The van der Waals surface area contributed by atoms with Crippen molar-refractivity contribution in [3.8, 4) is 40.0 Å². The maximum absolute atomic E-state index is 12.3. The maximum Gasteiger partial charge on any atom is 0.257 e. The van der Waals surface area contributed by atoms with Gasteiger partial charge < -0.3 is 20.8 Å². The van der Waals surface area contributed by atoms with Gasteiger partial charge in [0.15, 0.2) is 11.6 Å². The third-order valence-electron chi connectivity index (χ3n) is 7.08. The molecule has 19 heteroatoms. The second-order valence-electron chi connectivity index (χ2n) is 10.8. The molecule has 0 radical (unpaired) electrons. The Hall–Kier alpha value is -6.41. The lowest BCUT2D eigenvalue weighted by molar-refractivity contribution is -0.170. The summed E-state index contributed by atoms with van der Waals surface area (Å²) in [5.74, 6) is -4.18. The number of benzene rings is 3. The van der Waals surface area contributed by atoms with Crippen LogP contribution in [-0.4, -0.2) is 105 Å². The van der Waals surface area contributed by atoms with Crippen molar-refractivity contribution < 1.29 is 49.8 Å². The van der Waals surface area contributed by atoms with Crippen LogP contribution in [0.25, 0.3) is 28.5 Å². The number of hydroxylamine groups is 6. The molecule has 8 N–H and O–H groups in total. The summed E-state index contributed by atoms with van der Waals surface area (Å²) in [7, 11) is 0. The molecule has 0 aliphatic carbocycles. The maximum atomic E-state index is 12.3. The molecule has 0 spiro atoms. The zero-order valence-corrected chi connectivity index (χ0v) is 27.1. The molecule has 4 rings (SSSR count). The van der Waals surface area contributed by atoms with Crippen molar-refractivity contribution in [3.63, 3.8) is 0 Å². The second kappa shape index (κ2) is 17.3. The number of nitrogens with one attached hydrogen (secondary N) is 3. The van der Waals surface area contributed by atoms with Crippen molar-refractivity contribution >= 4 is 29.5 Å². The first kappa shape index (κ1) is 37.4. The van der Waals surface area contributed by atoms with Gasteiger partial charge in [0.2, 0.25) is 17.7 Å². The summed E-state index contributed by atoms with van der Waals surface area (Å²) in [6.07, 6.45) is -1.69. The number of para-hydroxylation sites is 2. The predicted octanol–water partition coefficient (Wildman–Crippen LogP) is 0.661. The molecule has 0 saturated heterocycles. The minimum atomic E-state index is -1.12. The Morgan fingerprint density at radius 1 is 0.686 bits per heavy atom. The highest BCUT2D eigenvalue weighted by atomic mass is 16.5. The smallest absolute Gasteiger partial charge is 0.257 e. The van der Waals surface area contributed by atoms with E-state index in [9.17, 15) is 49.8 Å². The van der Waals surface area contributed by atoms with Crippen molar-refractivity contribution in [2.75, 3.05) is 20.0 Å². The SMILES string of the molecule is CC(=O)N(O)CNC(=O)CC(=O)N(O)CNC(=O)CC(=O)N(O)CNCc1ccc(-n2nc(-c3ccccc3O)nc2-c2ccccc2O)cc1. The van der Waals surface area contributed by atoms with Gasteiger partial charge in [-0.3, -0.25) is 44.9 Å². The first-order valence-electron chi connectivity index (χ1n) is 15.2. The van der Waals surface area contributed by atoms with Crippen molar-refractivity contribution in [2.24, 2.45) is 0 Å². The summed E-state index contributed by atoms with van der Waals surface area (Å²) >= 11 is 0. The van der Waals surface area contributed by atoms with Gasteiger partial charge in [0, 0.05) is 13.5 Å². The Morgan fingerprint density at radius 3 is 1.75 bits per heavy atom. The number of carbonyl (C=O) groups excluding carboxylic acids is 5. The Bertz CT molecular complexity index is 1880. The normalized spacial score (nSPS) is 10.7. The predicted molar refractivity (Wildman–Crippen MR) is 174 cm³/mol.